The number of nitrogens with zero attached hydrogens (tertiary/aromatic N) is 1. The maximum absolute atomic E-state index is 9.00. The van der Waals surface area contributed by atoms with E-state index in [1.54, 1.807) is 21.3 Å². The van der Waals surface area contributed by atoms with E-state index in [9.17, 15) is 0 Å². The second kappa shape index (κ2) is 26.9. The van der Waals surface area contributed by atoms with E-state index in [0.29, 0.717) is 6.54 Å². The van der Waals surface area contributed by atoms with Gasteiger partial charge < -0.3 is 39.4 Å². The van der Waals surface area contributed by atoms with E-state index in [2.05, 4.69) is 11.5 Å². The SMILES string of the molecule is CC(=O)O.CC(=O)O.CC(=O)O.CC(=O)O.CCCN(CCN)[Si](OC)(OC)OC. The highest BCUT2D eigenvalue weighted by atomic mass is 28.4. The molecule has 13 nitrogen and oxygen atoms in total. The molecule has 0 saturated carbocycles. The summed E-state index contributed by atoms with van der Waals surface area (Å²) >= 11 is 0. The van der Waals surface area contributed by atoms with E-state index in [0.717, 1.165) is 47.2 Å². The van der Waals surface area contributed by atoms with E-state index in [-0.39, 0.29) is 0 Å². The third-order valence-corrected chi connectivity index (χ3v) is 4.82. The molecule has 0 aliphatic heterocycles. The van der Waals surface area contributed by atoms with Gasteiger partial charge in [0, 0.05) is 62.1 Å². The highest BCUT2D eigenvalue weighted by Gasteiger charge is 2.45. The zero-order valence-electron chi connectivity index (χ0n) is 19.0. The normalized spacial score (nSPS) is 9.13. The zero-order valence-corrected chi connectivity index (χ0v) is 20.0. The van der Waals surface area contributed by atoms with Crippen molar-refractivity contribution < 1.29 is 52.9 Å². The van der Waals surface area contributed by atoms with Gasteiger partial charge in [0.15, 0.2) is 0 Å². The summed E-state index contributed by atoms with van der Waals surface area (Å²) in [5.74, 6) is -3.33. The molecule has 182 valence electrons. The lowest BCUT2D eigenvalue weighted by atomic mass is 10.5. The lowest BCUT2D eigenvalue weighted by molar-refractivity contribution is -0.135. The van der Waals surface area contributed by atoms with E-state index in [1.165, 1.54) is 0 Å². The fraction of sp³-hybridized carbons (Fsp3) is 0.750. The summed E-state index contributed by atoms with van der Waals surface area (Å²) in [5.41, 5.74) is 5.53. The van der Waals surface area contributed by atoms with E-state index in [4.69, 9.17) is 58.6 Å². The average molecular weight is 463 g/mol. The first kappa shape index (κ1) is 38.5. The molecule has 0 radical (unpaired) electrons. The van der Waals surface area contributed by atoms with Gasteiger partial charge in [-0.1, -0.05) is 6.92 Å². The van der Waals surface area contributed by atoms with Crippen LogP contribution in [-0.4, -0.2) is 98.8 Å². The molecule has 6 N–H and O–H groups in total. The predicted molar refractivity (Wildman–Crippen MR) is 111 cm³/mol. The third kappa shape index (κ3) is 45.0. The summed E-state index contributed by atoms with van der Waals surface area (Å²) in [4.78, 5) is 36.0. The molecule has 0 aromatic rings. The van der Waals surface area contributed by atoms with Crippen LogP contribution >= 0.6 is 0 Å². The van der Waals surface area contributed by atoms with Gasteiger partial charge in [-0.05, 0) is 13.0 Å². The molecular weight excluding hydrogens is 424 g/mol. The molecule has 0 aromatic heterocycles. The van der Waals surface area contributed by atoms with E-state index < -0.39 is 32.8 Å². The second-order valence-corrected chi connectivity index (χ2v) is 7.89. The van der Waals surface area contributed by atoms with Crippen LogP contribution in [0.15, 0.2) is 0 Å². The van der Waals surface area contributed by atoms with Gasteiger partial charge in [0.25, 0.3) is 23.9 Å². The topological polar surface area (TPSA) is 206 Å². The standard InChI is InChI=1S/C8H22N2O3Si.4C2H4O2/c1-5-7-10(8-6-9)14(11-2,12-3)13-4;4*1-2(3)4/h5-9H2,1-4H3;4*1H3,(H,3,4). The van der Waals surface area contributed by atoms with Crippen molar-refractivity contribution in [1.29, 1.82) is 0 Å². The Morgan fingerprint density at radius 1 is 0.733 bits per heavy atom. The van der Waals surface area contributed by atoms with Gasteiger partial charge in [0.2, 0.25) is 0 Å². The zero-order chi connectivity index (χ0) is 25.3. The van der Waals surface area contributed by atoms with Crippen LogP contribution < -0.4 is 5.73 Å². The fourth-order valence-corrected chi connectivity index (χ4v) is 3.62. The minimum absolute atomic E-state index is 0.574. The van der Waals surface area contributed by atoms with Gasteiger partial charge in [-0.15, -0.1) is 0 Å². The Hall–Kier alpha value is -2.10. The minimum atomic E-state index is -2.64. The molecule has 0 fully saturated rings. The molecule has 0 aliphatic rings. The molecule has 0 spiro atoms. The number of carbonyl (C=O) groups is 4. The number of aliphatic carboxylic acids is 4. The Bertz CT molecular complexity index is 369. The van der Waals surface area contributed by atoms with Crippen molar-refractivity contribution in [3.05, 3.63) is 0 Å². The van der Waals surface area contributed by atoms with Gasteiger partial charge in [-0.3, -0.25) is 23.7 Å². The largest absolute Gasteiger partial charge is 0.598 e. The smallest absolute Gasteiger partial charge is 0.481 e. The quantitative estimate of drug-likeness (QED) is 0.310. The third-order valence-electron chi connectivity index (χ3n) is 2.05. The highest BCUT2D eigenvalue weighted by molar-refractivity contribution is 6.57. The molecule has 0 aliphatic carbocycles. The molecule has 0 bridgehead atoms. The summed E-state index contributed by atoms with van der Waals surface area (Å²) in [7, 11) is 2.19. The van der Waals surface area contributed by atoms with Crippen molar-refractivity contribution in [2.75, 3.05) is 41.0 Å². The number of rotatable bonds is 8. The molecular formula is C16H38N2O11Si. The van der Waals surface area contributed by atoms with Crippen LogP contribution in [0.25, 0.3) is 0 Å². The lowest BCUT2D eigenvalue weighted by Gasteiger charge is -2.34. The van der Waals surface area contributed by atoms with Crippen molar-refractivity contribution in [1.82, 2.24) is 4.57 Å². The fourth-order valence-electron chi connectivity index (χ4n) is 1.45. The number of hydrogen-bond donors (Lipinski definition) is 5. The molecule has 0 amide bonds. The van der Waals surface area contributed by atoms with Crippen LogP contribution in [-0.2, 0) is 32.5 Å². The molecule has 0 atom stereocenters. The Balaban J connectivity index is -0.000000106. The van der Waals surface area contributed by atoms with Crippen LogP contribution in [0.2, 0.25) is 0 Å². The van der Waals surface area contributed by atoms with Crippen molar-refractivity contribution in [2.45, 2.75) is 41.0 Å². The van der Waals surface area contributed by atoms with Gasteiger partial charge in [-0.25, -0.2) is 0 Å². The Kier molecular flexibility index (Phi) is 34.5. The summed E-state index contributed by atoms with van der Waals surface area (Å²) in [5, 5.41) is 29.7. The van der Waals surface area contributed by atoms with E-state index >= 15 is 0 Å². The molecule has 30 heavy (non-hydrogen) atoms. The molecule has 0 heterocycles. The summed E-state index contributed by atoms with van der Waals surface area (Å²) in [6, 6.07) is 0. The summed E-state index contributed by atoms with van der Waals surface area (Å²) in [6.07, 6.45) is 1.02. The van der Waals surface area contributed by atoms with Crippen molar-refractivity contribution >= 4 is 32.8 Å². The van der Waals surface area contributed by atoms with Gasteiger partial charge in [0.1, 0.15) is 0 Å². The molecule has 0 rings (SSSR count). The van der Waals surface area contributed by atoms with E-state index in [1.807, 2.05) is 0 Å². The van der Waals surface area contributed by atoms with Crippen molar-refractivity contribution in [3.63, 3.8) is 0 Å². The first-order valence-electron chi connectivity index (χ1n) is 8.52. The van der Waals surface area contributed by atoms with Gasteiger partial charge in [0.05, 0.1) is 0 Å². The monoisotopic (exact) mass is 462 g/mol. The molecule has 0 unspecified atom stereocenters. The van der Waals surface area contributed by atoms with Crippen LogP contribution in [0, 0.1) is 0 Å². The molecule has 0 aromatic carbocycles. The first-order chi connectivity index (χ1) is 13.6. The van der Waals surface area contributed by atoms with Crippen LogP contribution in [0.3, 0.4) is 0 Å². The van der Waals surface area contributed by atoms with Gasteiger partial charge in [-0.2, -0.15) is 0 Å². The minimum Gasteiger partial charge on any atom is -0.481 e. The number of hydrogen-bond acceptors (Lipinski definition) is 9. The number of carboxylic acid groups (broad SMARTS) is 4. The number of nitrogens with two attached hydrogens (primary N) is 1. The van der Waals surface area contributed by atoms with Gasteiger partial charge >= 0.3 is 8.97 Å². The predicted octanol–water partition coefficient (Wildman–Crippen LogP) is 0.396. The maximum Gasteiger partial charge on any atom is 0.598 e. The average Bonchev–Trinajstić information content (AvgIpc) is 2.55. The Morgan fingerprint density at radius 3 is 1.10 bits per heavy atom. The Labute approximate surface area is 178 Å². The van der Waals surface area contributed by atoms with Crippen LogP contribution in [0.4, 0.5) is 0 Å². The summed E-state index contributed by atoms with van der Waals surface area (Å²) in [6.45, 7) is 8.61. The summed E-state index contributed by atoms with van der Waals surface area (Å²) < 4.78 is 18.2. The molecule has 14 heteroatoms. The van der Waals surface area contributed by atoms with Crippen molar-refractivity contribution in [3.8, 4) is 0 Å². The first-order valence-corrected chi connectivity index (χ1v) is 10.2. The highest BCUT2D eigenvalue weighted by Crippen LogP contribution is 2.12. The second-order valence-electron chi connectivity index (χ2n) is 4.99. The maximum atomic E-state index is 9.00. The lowest BCUT2D eigenvalue weighted by Crippen LogP contribution is -2.60. The molecule has 0 saturated heterocycles. The van der Waals surface area contributed by atoms with Crippen molar-refractivity contribution in [2.24, 2.45) is 5.73 Å². The van der Waals surface area contributed by atoms with Crippen LogP contribution in [0.1, 0.15) is 41.0 Å². The number of carboxylic acids is 4. The van der Waals surface area contributed by atoms with Crippen LogP contribution in [0.5, 0.6) is 0 Å². The Morgan fingerprint density at radius 2 is 0.967 bits per heavy atom.